The van der Waals surface area contributed by atoms with E-state index in [2.05, 4.69) is 34.8 Å². The quantitative estimate of drug-likeness (QED) is 0.717. The lowest BCUT2D eigenvalue weighted by molar-refractivity contribution is -0.114. The summed E-state index contributed by atoms with van der Waals surface area (Å²) in [5, 5.41) is 8.78. The van der Waals surface area contributed by atoms with Gasteiger partial charge in [0.05, 0.1) is 11.3 Å². The zero-order valence-electron chi connectivity index (χ0n) is 14.8. The summed E-state index contributed by atoms with van der Waals surface area (Å²) < 4.78 is 0. The molecule has 0 atom stereocenters. The van der Waals surface area contributed by atoms with Crippen molar-refractivity contribution in [2.24, 2.45) is 5.92 Å². The summed E-state index contributed by atoms with van der Waals surface area (Å²) in [6.45, 7) is 6.63. The van der Waals surface area contributed by atoms with Crippen molar-refractivity contribution in [1.29, 1.82) is 0 Å². The number of amides is 2. The van der Waals surface area contributed by atoms with Crippen molar-refractivity contribution in [1.82, 2.24) is 4.98 Å². The molecule has 0 spiro atoms. The van der Waals surface area contributed by atoms with Crippen molar-refractivity contribution in [3.63, 3.8) is 0 Å². The molecule has 1 aromatic heterocycles. The summed E-state index contributed by atoms with van der Waals surface area (Å²) >= 11 is 0. The van der Waals surface area contributed by atoms with Crippen LogP contribution in [0.1, 0.15) is 37.6 Å². The number of benzene rings is 1. The number of hydrogen-bond donors (Lipinski definition) is 3. The van der Waals surface area contributed by atoms with Crippen LogP contribution in [0.2, 0.25) is 0 Å². The monoisotopic (exact) mass is 340 g/mol. The van der Waals surface area contributed by atoms with E-state index in [1.807, 2.05) is 0 Å². The highest BCUT2D eigenvalue weighted by molar-refractivity contribution is 6.04. The second kappa shape index (κ2) is 8.82. The Hall–Kier alpha value is -2.89. The van der Waals surface area contributed by atoms with Crippen LogP contribution in [0.4, 0.5) is 17.1 Å². The highest BCUT2D eigenvalue weighted by atomic mass is 16.2. The SMILES string of the molecule is CC(=O)Nc1ccc(NC(=O)c2cncc(NCCC(C)C)c2)cc1. The van der Waals surface area contributed by atoms with Crippen molar-refractivity contribution < 1.29 is 9.59 Å². The highest BCUT2D eigenvalue weighted by Crippen LogP contribution is 2.16. The standard InChI is InChI=1S/C19H24N4O2/c1-13(2)8-9-21-18-10-15(11-20-12-18)19(25)23-17-6-4-16(5-7-17)22-14(3)24/h4-7,10-13,21H,8-9H2,1-3H3,(H,22,24)(H,23,25). The molecular weight excluding hydrogens is 316 g/mol. The van der Waals surface area contributed by atoms with Gasteiger partial charge in [0.25, 0.3) is 5.91 Å². The second-order valence-electron chi connectivity index (χ2n) is 6.28. The molecule has 0 radical (unpaired) electrons. The highest BCUT2D eigenvalue weighted by Gasteiger charge is 2.08. The van der Waals surface area contributed by atoms with Crippen LogP contribution in [-0.2, 0) is 4.79 Å². The van der Waals surface area contributed by atoms with Gasteiger partial charge in [-0.05, 0) is 42.7 Å². The minimum atomic E-state index is -0.229. The number of nitrogens with one attached hydrogen (secondary N) is 3. The average Bonchev–Trinajstić information content (AvgIpc) is 2.56. The van der Waals surface area contributed by atoms with E-state index in [1.165, 1.54) is 13.1 Å². The van der Waals surface area contributed by atoms with E-state index in [0.29, 0.717) is 22.9 Å². The lowest BCUT2D eigenvalue weighted by atomic mass is 10.1. The van der Waals surface area contributed by atoms with Gasteiger partial charge in [-0.15, -0.1) is 0 Å². The average molecular weight is 340 g/mol. The van der Waals surface area contributed by atoms with Crippen molar-refractivity contribution in [2.45, 2.75) is 27.2 Å². The van der Waals surface area contributed by atoms with E-state index in [-0.39, 0.29) is 11.8 Å². The van der Waals surface area contributed by atoms with Gasteiger partial charge in [-0.2, -0.15) is 0 Å². The first-order valence-electron chi connectivity index (χ1n) is 8.32. The molecule has 3 N–H and O–H groups in total. The number of carbonyl (C=O) groups is 2. The molecule has 6 nitrogen and oxygen atoms in total. The fourth-order valence-corrected chi connectivity index (χ4v) is 2.21. The normalized spacial score (nSPS) is 10.4. The number of nitrogens with zero attached hydrogens (tertiary/aromatic N) is 1. The molecule has 0 saturated heterocycles. The number of rotatable bonds is 7. The maximum absolute atomic E-state index is 12.4. The second-order valence-corrected chi connectivity index (χ2v) is 6.28. The van der Waals surface area contributed by atoms with E-state index < -0.39 is 0 Å². The minimum Gasteiger partial charge on any atom is -0.384 e. The first-order valence-corrected chi connectivity index (χ1v) is 8.32. The van der Waals surface area contributed by atoms with E-state index >= 15 is 0 Å². The van der Waals surface area contributed by atoms with Gasteiger partial charge in [0.1, 0.15) is 0 Å². The van der Waals surface area contributed by atoms with Gasteiger partial charge in [-0.3, -0.25) is 14.6 Å². The molecule has 25 heavy (non-hydrogen) atoms. The molecule has 2 rings (SSSR count). The smallest absolute Gasteiger partial charge is 0.257 e. The molecule has 6 heteroatoms. The van der Waals surface area contributed by atoms with Crippen molar-refractivity contribution >= 4 is 28.9 Å². The van der Waals surface area contributed by atoms with E-state index in [1.54, 1.807) is 36.5 Å². The molecule has 2 amide bonds. The van der Waals surface area contributed by atoms with Crippen LogP contribution in [0.15, 0.2) is 42.7 Å². The Morgan fingerprint density at radius 1 is 1.00 bits per heavy atom. The third-order valence-electron chi connectivity index (χ3n) is 3.51. The topological polar surface area (TPSA) is 83.1 Å². The first kappa shape index (κ1) is 18.4. The maximum Gasteiger partial charge on any atom is 0.257 e. The largest absolute Gasteiger partial charge is 0.384 e. The fraction of sp³-hybridized carbons (Fsp3) is 0.316. The number of carbonyl (C=O) groups excluding carboxylic acids is 2. The molecule has 0 saturated carbocycles. The summed E-state index contributed by atoms with van der Waals surface area (Å²) in [5.41, 5.74) is 2.65. The molecule has 0 aliphatic rings. The molecule has 0 aliphatic carbocycles. The molecule has 132 valence electrons. The van der Waals surface area contributed by atoms with Crippen LogP contribution < -0.4 is 16.0 Å². The van der Waals surface area contributed by atoms with Crippen molar-refractivity contribution in [3.8, 4) is 0 Å². The molecule has 0 aliphatic heterocycles. The van der Waals surface area contributed by atoms with Crippen LogP contribution in [0.25, 0.3) is 0 Å². The molecule has 0 fully saturated rings. The molecule has 0 unspecified atom stereocenters. The Morgan fingerprint density at radius 2 is 1.64 bits per heavy atom. The fourth-order valence-electron chi connectivity index (χ4n) is 2.21. The number of pyridine rings is 1. The van der Waals surface area contributed by atoms with Gasteiger partial charge in [-0.25, -0.2) is 0 Å². The molecule has 2 aromatic rings. The van der Waals surface area contributed by atoms with Crippen LogP contribution in [0.5, 0.6) is 0 Å². The predicted molar refractivity (Wildman–Crippen MR) is 101 cm³/mol. The molecular formula is C19H24N4O2. The summed E-state index contributed by atoms with van der Waals surface area (Å²) in [7, 11) is 0. The summed E-state index contributed by atoms with van der Waals surface area (Å²) in [6, 6.07) is 8.73. The number of aromatic nitrogens is 1. The zero-order chi connectivity index (χ0) is 18.2. The number of hydrogen-bond acceptors (Lipinski definition) is 4. The van der Waals surface area contributed by atoms with Gasteiger partial charge < -0.3 is 16.0 Å². The Kier molecular flexibility index (Phi) is 6.51. The van der Waals surface area contributed by atoms with E-state index in [4.69, 9.17) is 0 Å². The number of anilines is 3. The van der Waals surface area contributed by atoms with Crippen LogP contribution >= 0.6 is 0 Å². The Morgan fingerprint density at radius 3 is 2.24 bits per heavy atom. The summed E-state index contributed by atoms with van der Waals surface area (Å²) in [4.78, 5) is 27.5. The maximum atomic E-state index is 12.4. The van der Waals surface area contributed by atoms with E-state index in [0.717, 1.165) is 18.7 Å². The van der Waals surface area contributed by atoms with Crippen LogP contribution in [-0.4, -0.2) is 23.3 Å². The molecule has 1 heterocycles. The Bertz CT molecular complexity index is 726. The van der Waals surface area contributed by atoms with Crippen LogP contribution in [0, 0.1) is 5.92 Å². The predicted octanol–water partition coefficient (Wildman–Crippen LogP) is 3.75. The van der Waals surface area contributed by atoms with Crippen molar-refractivity contribution in [2.75, 3.05) is 22.5 Å². The summed E-state index contributed by atoms with van der Waals surface area (Å²) in [5.74, 6) is 0.254. The lowest BCUT2D eigenvalue weighted by Gasteiger charge is -2.10. The Balaban J connectivity index is 1.97. The Labute approximate surface area is 148 Å². The van der Waals surface area contributed by atoms with Gasteiger partial charge in [-0.1, -0.05) is 13.8 Å². The van der Waals surface area contributed by atoms with Crippen molar-refractivity contribution in [3.05, 3.63) is 48.3 Å². The van der Waals surface area contributed by atoms with Gasteiger partial charge in [0.15, 0.2) is 0 Å². The third kappa shape index (κ3) is 6.25. The lowest BCUT2D eigenvalue weighted by Crippen LogP contribution is -2.13. The van der Waals surface area contributed by atoms with Crippen LogP contribution in [0.3, 0.4) is 0 Å². The molecule has 1 aromatic carbocycles. The van der Waals surface area contributed by atoms with Gasteiger partial charge >= 0.3 is 0 Å². The summed E-state index contributed by atoms with van der Waals surface area (Å²) in [6.07, 6.45) is 4.30. The van der Waals surface area contributed by atoms with E-state index in [9.17, 15) is 9.59 Å². The van der Waals surface area contributed by atoms with Gasteiger partial charge in [0.2, 0.25) is 5.91 Å². The third-order valence-corrected chi connectivity index (χ3v) is 3.51. The van der Waals surface area contributed by atoms with Gasteiger partial charge in [0, 0.05) is 37.2 Å². The molecule has 0 bridgehead atoms. The first-order chi connectivity index (χ1) is 11.9. The minimum absolute atomic E-state index is 0.135. The zero-order valence-corrected chi connectivity index (χ0v) is 14.8.